The van der Waals surface area contributed by atoms with Gasteiger partial charge in [0, 0.05) is 131 Å². The minimum atomic E-state index is -4.49. The van der Waals surface area contributed by atoms with Crippen molar-refractivity contribution in [2.75, 3.05) is 0 Å². The first kappa shape index (κ1) is 79.7. The lowest BCUT2D eigenvalue weighted by Crippen LogP contribution is -2.15. The van der Waals surface area contributed by atoms with Crippen molar-refractivity contribution in [2.24, 2.45) is 0 Å². The number of hydrogen-bond acceptors (Lipinski definition) is 16. The van der Waals surface area contributed by atoms with E-state index < -0.39 is 46.8 Å². The highest BCUT2D eigenvalue weighted by Crippen LogP contribution is 2.36. The van der Waals surface area contributed by atoms with E-state index in [1.54, 1.807) is 109 Å². The molecule has 10 aromatic heterocycles. The van der Waals surface area contributed by atoms with E-state index in [-0.39, 0.29) is 51.9 Å². The Morgan fingerprint density at radius 3 is 1.18 bits per heavy atom. The molecule has 1 N–H and O–H groups in total. The quantitative estimate of drug-likeness (QED) is 0.0889. The van der Waals surface area contributed by atoms with Crippen molar-refractivity contribution in [1.82, 2.24) is 74.8 Å². The van der Waals surface area contributed by atoms with Crippen molar-refractivity contribution >= 4 is 0 Å². The van der Waals surface area contributed by atoms with E-state index in [1.165, 1.54) is 42.1 Å². The van der Waals surface area contributed by atoms with E-state index in [4.69, 9.17) is 0 Å². The summed E-state index contributed by atoms with van der Waals surface area (Å²) < 4.78 is 117. The molecular formula is C76H82F9N15O. The van der Waals surface area contributed by atoms with Gasteiger partial charge in [-0.25, -0.2) is 63.0 Å². The first-order valence-electron chi connectivity index (χ1n) is 32.4. The number of benzene rings is 1. The number of nitrogens with zero attached hydrogens (tertiary/aromatic N) is 15. The fourth-order valence-electron chi connectivity index (χ4n) is 9.26. The first-order valence-corrected chi connectivity index (χ1v) is 32.4. The smallest absolute Gasteiger partial charge is 0.386 e. The average molecular weight is 1390 g/mol. The van der Waals surface area contributed by atoms with Gasteiger partial charge in [-0.05, 0) is 147 Å². The second-order valence-electron chi connectivity index (χ2n) is 25.4. The predicted octanol–water partition coefficient (Wildman–Crippen LogP) is 19.4. The van der Waals surface area contributed by atoms with Crippen molar-refractivity contribution in [3.8, 4) is 57.2 Å². The van der Waals surface area contributed by atoms with Crippen LogP contribution in [0.25, 0.3) is 57.2 Å². The molecule has 0 amide bonds. The van der Waals surface area contributed by atoms with Gasteiger partial charge in [0.1, 0.15) is 11.4 Å². The maximum Gasteiger partial charge on any atom is 0.433 e. The van der Waals surface area contributed by atoms with Gasteiger partial charge in [0.2, 0.25) is 0 Å². The standard InChI is InChI=1S/2C13H12F3N3.C13H11F3N2.2C13H15N3.C11H17NO/c1-8(2)10-7-18-12(9-3-5-17-6-4-9)19-11(10)13(14,15)16;1-8(2)9-7-18-12(10-5-3-4-6-17-10)19-11(9)13(14,15)16;1-7(2)9-5-17-13(18-6-9)8-3-10(14)12(16)11(15)4-8;1-9(2)12-8-15-13(16-10(12)3)11-5-4-6-14-7-11;1-9(2)11-8-15-13(16-10(11)3)12-6-4-5-7-14-12;1-8(2)10-6-5-9(7-12-10)11(3,4)13/h2*3-8H,1-2H3;3-7H,1-2H3;2*4-9H,1-3H3;5-8,13H,1-4H3. The van der Waals surface area contributed by atoms with Crippen LogP contribution in [0.3, 0.4) is 0 Å². The number of hydrogen-bond donors (Lipinski definition) is 1. The first-order chi connectivity index (χ1) is 47.5. The zero-order chi connectivity index (χ0) is 74.5. The van der Waals surface area contributed by atoms with Crippen molar-refractivity contribution in [3.63, 3.8) is 0 Å². The number of pyridine rings is 5. The van der Waals surface area contributed by atoms with Crippen LogP contribution in [0.4, 0.5) is 39.5 Å². The van der Waals surface area contributed by atoms with Gasteiger partial charge in [0.15, 0.2) is 58.0 Å². The van der Waals surface area contributed by atoms with Crippen LogP contribution in [0.5, 0.6) is 0 Å². The summed E-state index contributed by atoms with van der Waals surface area (Å²) in [6, 6.07) is 23.3. The number of aliphatic hydroxyl groups is 1. The van der Waals surface area contributed by atoms with Gasteiger partial charge in [0.05, 0.1) is 5.60 Å². The summed E-state index contributed by atoms with van der Waals surface area (Å²) in [6.07, 6.45) is 12.0. The summed E-state index contributed by atoms with van der Waals surface area (Å²) in [4.78, 5) is 61.4. The molecule has 0 unspecified atom stereocenters. The molecule has 0 aliphatic rings. The van der Waals surface area contributed by atoms with Crippen molar-refractivity contribution in [3.05, 3.63) is 245 Å². The van der Waals surface area contributed by atoms with Crippen molar-refractivity contribution < 1.29 is 44.6 Å². The van der Waals surface area contributed by atoms with Crippen molar-refractivity contribution in [2.45, 2.75) is 164 Å². The minimum Gasteiger partial charge on any atom is -0.386 e. The summed E-state index contributed by atoms with van der Waals surface area (Å²) in [6.45, 7) is 31.0. The second-order valence-corrected chi connectivity index (χ2v) is 25.4. The number of rotatable bonds is 12. The number of aryl methyl sites for hydroxylation is 2. The van der Waals surface area contributed by atoms with Gasteiger partial charge in [-0.15, -0.1) is 0 Å². The van der Waals surface area contributed by atoms with E-state index >= 15 is 0 Å². The van der Waals surface area contributed by atoms with Crippen LogP contribution >= 0.6 is 0 Å². The normalized spacial score (nSPS) is 11.4. The van der Waals surface area contributed by atoms with Gasteiger partial charge in [-0.2, -0.15) is 26.3 Å². The fourth-order valence-corrected chi connectivity index (χ4v) is 9.26. The number of halogens is 9. The Morgan fingerprint density at radius 2 is 0.792 bits per heavy atom. The molecule has 0 aliphatic heterocycles. The van der Waals surface area contributed by atoms with Gasteiger partial charge in [-0.1, -0.05) is 101 Å². The fraction of sp³-hybridized carbons (Fsp3) is 0.329. The zero-order valence-corrected chi connectivity index (χ0v) is 59.1. The molecule has 0 spiro atoms. The van der Waals surface area contributed by atoms with Crippen LogP contribution in [0, 0.1) is 31.3 Å². The summed E-state index contributed by atoms with van der Waals surface area (Å²) in [5, 5.41) is 9.68. The number of aromatic nitrogens is 15. The third-order valence-corrected chi connectivity index (χ3v) is 15.0. The molecule has 0 saturated carbocycles. The van der Waals surface area contributed by atoms with E-state index in [0.717, 1.165) is 57.4 Å². The van der Waals surface area contributed by atoms with Crippen LogP contribution in [-0.2, 0) is 18.0 Å². The third-order valence-electron chi connectivity index (χ3n) is 15.0. The largest absolute Gasteiger partial charge is 0.433 e. The molecule has 101 heavy (non-hydrogen) atoms. The molecule has 25 heteroatoms. The van der Waals surface area contributed by atoms with E-state index in [2.05, 4.69) is 116 Å². The van der Waals surface area contributed by atoms with Crippen LogP contribution < -0.4 is 0 Å². The molecule has 11 rings (SSSR count). The Labute approximate surface area is 583 Å². The molecule has 530 valence electrons. The SMILES string of the molecule is CC(C)c1ccc(C(C)(C)O)cn1.CC(C)c1cnc(-c2cc(F)c(F)c(F)c2)nc1.CC(C)c1cnc(-c2ccccn2)nc1C(F)(F)F.CC(C)c1cnc(-c2ccncc2)nc1C(F)(F)F.Cc1nc(-c2ccccn2)ncc1C(C)C.Cc1nc(-c2cccnc2)ncc1C(C)C. The van der Waals surface area contributed by atoms with Crippen LogP contribution in [0.15, 0.2) is 165 Å². The molecule has 11 aromatic rings. The van der Waals surface area contributed by atoms with Crippen LogP contribution in [0.1, 0.15) is 194 Å². The molecule has 16 nitrogen and oxygen atoms in total. The zero-order valence-electron chi connectivity index (χ0n) is 59.1. The Bertz CT molecular complexity index is 4150. The third kappa shape index (κ3) is 23.4. The maximum absolute atomic E-state index is 13.1. The van der Waals surface area contributed by atoms with Crippen LogP contribution in [-0.4, -0.2) is 79.9 Å². The summed E-state index contributed by atoms with van der Waals surface area (Å²) in [5.74, 6) is -1.30. The Hall–Kier alpha value is -10.3. The highest BCUT2D eigenvalue weighted by Gasteiger charge is 2.38. The van der Waals surface area contributed by atoms with E-state index in [9.17, 15) is 44.6 Å². The highest BCUT2D eigenvalue weighted by molar-refractivity contribution is 5.57. The van der Waals surface area contributed by atoms with Gasteiger partial charge >= 0.3 is 12.4 Å². The minimum absolute atomic E-state index is 0.0164. The number of alkyl halides is 6. The summed E-state index contributed by atoms with van der Waals surface area (Å²) >= 11 is 0. The molecule has 0 fully saturated rings. The molecule has 0 atom stereocenters. The lowest BCUT2D eigenvalue weighted by molar-refractivity contribution is -0.142. The Kier molecular flexibility index (Phi) is 28.5. The Morgan fingerprint density at radius 1 is 0.356 bits per heavy atom. The predicted molar refractivity (Wildman–Crippen MR) is 372 cm³/mol. The van der Waals surface area contributed by atoms with Gasteiger partial charge < -0.3 is 5.11 Å². The lowest BCUT2D eigenvalue weighted by Gasteiger charge is -2.17. The molecule has 0 aliphatic carbocycles. The summed E-state index contributed by atoms with van der Waals surface area (Å²) in [7, 11) is 0. The van der Waals surface area contributed by atoms with E-state index in [1.807, 2.05) is 82.6 Å². The molecule has 0 saturated heterocycles. The highest BCUT2D eigenvalue weighted by atomic mass is 19.4. The molecule has 1 aromatic carbocycles. The van der Waals surface area contributed by atoms with E-state index in [0.29, 0.717) is 34.8 Å². The molecular weight excluding hydrogens is 1310 g/mol. The van der Waals surface area contributed by atoms with Crippen LogP contribution in [0.2, 0.25) is 0 Å². The molecule has 0 bridgehead atoms. The van der Waals surface area contributed by atoms with Gasteiger partial charge in [0.25, 0.3) is 0 Å². The molecule has 0 radical (unpaired) electrons. The van der Waals surface area contributed by atoms with Crippen molar-refractivity contribution in [1.29, 1.82) is 0 Å². The topological polar surface area (TPSA) is 214 Å². The Balaban J connectivity index is 0.000000191. The summed E-state index contributed by atoms with van der Waals surface area (Å²) in [5.41, 5.74) is 7.68. The second kappa shape index (κ2) is 36.2. The molecule has 10 heterocycles. The lowest BCUT2D eigenvalue weighted by atomic mass is 9.99. The van der Waals surface area contributed by atoms with Gasteiger partial charge in [-0.3, -0.25) is 24.9 Å². The maximum atomic E-state index is 13.1. The monoisotopic (exact) mass is 1390 g/mol. The average Bonchev–Trinajstić information content (AvgIpc) is 0.817.